The van der Waals surface area contributed by atoms with Crippen molar-refractivity contribution in [1.82, 2.24) is 0 Å². The van der Waals surface area contributed by atoms with Crippen LogP contribution >= 0.6 is 0 Å². The third kappa shape index (κ3) is 4.75. The Balaban J connectivity index is 7.38. The van der Waals surface area contributed by atoms with Gasteiger partial charge in [-0.1, -0.05) is 0 Å². The van der Waals surface area contributed by atoms with E-state index in [0.29, 0.717) is 0 Å². The van der Waals surface area contributed by atoms with Crippen LogP contribution in [-0.4, -0.2) is 71.6 Å². The Labute approximate surface area is 207 Å². The Bertz CT molecular complexity index is 1030. The second-order valence-electron chi connectivity index (χ2n) is 7.37. The van der Waals surface area contributed by atoms with Crippen LogP contribution in [0.5, 0.6) is 0 Å². The van der Waals surface area contributed by atoms with E-state index < -0.39 is 83.2 Å². The van der Waals surface area contributed by atoms with E-state index in [0.717, 1.165) is 0 Å². The minimum Gasteiger partial charge on any atom is -0.202 e. The molecular formula is C14F28. The molecule has 42 heavy (non-hydrogen) atoms. The van der Waals surface area contributed by atoms with Crippen molar-refractivity contribution in [2.24, 2.45) is 0 Å². The van der Waals surface area contributed by atoms with Gasteiger partial charge in [-0.05, 0) is 0 Å². The summed E-state index contributed by atoms with van der Waals surface area (Å²) in [6.45, 7) is 0. The van der Waals surface area contributed by atoms with Crippen LogP contribution in [0.3, 0.4) is 0 Å². The van der Waals surface area contributed by atoms with Crippen molar-refractivity contribution >= 4 is 0 Å². The highest BCUT2D eigenvalue weighted by Crippen LogP contribution is 2.65. The van der Waals surface area contributed by atoms with Gasteiger partial charge >= 0.3 is 71.6 Å². The first kappa shape index (κ1) is 39.8. The van der Waals surface area contributed by atoms with Crippen molar-refractivity contribution in [3.8, 4) is 0 Å². The van der Waals surface area contributed by atoms with Crippen molar-refractivity contribution < 1.29 is 123 Å². The topological polar surface area (TPSA) is 0 Å². The van der Waals surface area contributed by atoms with Gasteiger partial charge in [0.15, 0.2) is 0 Å². The van der Waals surface area contributed by atoms with Crippen LogP contribution in [0.2, 0.25) is 0 Å². The molecule has 0 aromatic rings. The van der Waals surface area contributed by atoms with Crippen molar-refractivity contribution in [3.63, 3.8) is 0 Å². The summed E-state index contributed by atoms with van der Waals surface area (Å²) >= 11 is 0. The van der Waals surface area contributed by atoms with Gasteiger partial charge in [-0.15, -0.1) is 0 Å². The highest BCUT2D eigenvalue weighted by Gasteiger charge is 2.96. The first-order valence-corrected chi connectivity index (χ1v) is 8.54. The summed E-state index contributed by atoms with van der Waals surface area (Å²) in [5.41, 5.74) is 0. The molecule has 0 fully saturated rings. The monoisotopic (exact) mass is 700 g/mol. The van der Waals surface area contributed by atoms with E-state index in [-0.39, 0.29) is 0 Å². The van der Waals surface area contributed by atoms with Gasteiger partial charge in [0.25, 0.3) is 0 Å². The molecule has 0 radical (unpaired) electrons. The highest BCUT2D eigenvalue weighted by atomic mass is 19.4. The van der Waals surface area contributed by atoms with Gasteiger partial charge in [-0.3, -0.25) is 0 Å². The molecule has 0 aliphatic rings. The van der Waals surface area contributed by atoms with Crippen LogP contribution in [0, 0.1) is 0 Å². The lowest BCUT2D eigenvalue weighted by molar-refractivity contribution is -0.460. The van der Waals surface area contributed by atoms with E-state index in [9.17, 15) is 123 Å². The van der Waals surface area contributed by atoms with Crippen LogP contribution in [0.1, 0.15) is 0 Å². The molecule has 0 saturated heterocycles. The quantitative estimate of drug-likeness (QED) is 0.199. The SMILES string of the molecule is FC(=C(F)C(F)(F)C(F)(F)C(F)(F)C(F)(F)C(F)(F)C(F)(F)C(F)(F)C(F)(F)F)C(F)(F)C(F)(F)C(F)(F)C(F)(F)F. The number of rotatable bonds is 10. The van der Waals surface area contributed by atoms with Crippen LogP contribution in [0.4, 0.5) is 123 Å². The molecule has 0 amide bonds. The molecule has 0 aliphatic carbocycles. The second-order valence-corrected chi connectivity index (χ2v) is 7.37. The molecule has 0 saturated carbocycles. The first-order chi connectivity index (χ1) is 17.6. The molecule has 0 unspecified atom stereocenters. The predicted octanol–water partition coefficient (Wildman–Crippen LogP) is 9.61. The highest BCUT2D eigenvalue weighted by molar-refractivity contribution is 5.27. The fraction of sp³-hybridized carbons (Fsp3) is 0.857. The molecule has 0 bridgehead atoms. The molecule has 0 N–H and O–H groups in total. The molecule has 0 nitrogen and oxygen atoms in total. The average Bonchev–Trinajstić information content (AvgIpc) is 2.75. The third-order valence-corrected chi connectivity index (χ3v) is 4.61. The molecule has 252 valence electrons. The van der Waals surface area contributed by atoms with Gasteiger partial charge in [0, 0.05) is 0 Å². The van der Waals surface area contributed by atoms with Crippen LogP contribution in [0.15, 0.2) is 11.7 Å². The fourth-order valence-electron chi connectivity index (χ4n) is 2.09. The Morgan fingerprint density at radius 2 is 0.357 bits per heavy atom. The Morgan fingerprint density at radius 3 is 0.571 bits per heavy atom. The molecule has 0 spiro atoms. The number of halogens is 28. The number of hydrogen-bond acceptors (Lipinski definition) is 0. The van der Waals surface area contributed by atoms with Gasteiger partial charge in [-0.25, -0.2) is 8.78 Å². The van der Waals surface area contributed by atoms with Crippen LogP contribution < -0.4 is 0 Å². The van der Waals surface area contributed by atoms with Gasteiger partial charge < -0.3 is 0 Å². The van der Waals surface area contributed by atoms with Crippen molar-refractivity contribution in [1.29, 1.82) is 0 Å². The van der Waals surface area contributed by atoms with E-state index in [1.54, 1.807) is 0 Å². The van der Waals surface area contributed by atoms with Crippen LogP contribution in [0.25, 0.3) is 0 Å². The van der Waals surface area contributed by atoms with Crippen molar-refractivity contribution in [3.05, 3.63) is 11.7 Å². The van der Waals surface area contributed by atoms with Gasteiger partial charge in [0.2, 0.25) is 11.7 Å². The molecular weight excluding hydrogens is 700 g/mol. The van der Waals surface area contributed by atoms with E-state index in [1.165, 1.54) is 0 Å². The van der Waals surface area contributed by atoms with E-state index >= 15 is 0 Å². The zero-order valence-electron chi connectivity index (χ0n) is 17.6. The summed E-state index contributed by atoms with van der Waals surface area (Å²) in [4.78, 5) is 0. The maximum Gasteiger partial charge on any atom is 0.460 e. The van der Waals surface area contributed by atoms with Crippen molar-refractivity contribution in [2.75, 3.05) is 0 Å². The van der Waals surface area contributed by atoms with Crippen molar-refractivity contribution in [2.45, 2.75) is 71.6 Å². The number of hydrogen-bond donors (Lipinski definition) is 0. The Morgan fingerprint density at radius 1 is 0.214 bits per heavy atom. The largest absolute Gasteiger partial charge is 0.460 e. The lowest BCUT2D eigenvalue weighted by atomic mass is 9.88. The summed E-state index contributed by atoms with van der Waals surface area (Å²) in [5.74, 6) is -102. The fourth-order valence-corrected chi connectivity index (χ4v) is 2.09. The second kappa shape index (κ2) is 9.64. The molecule has 0 aromatic heterocycles. The average molecular weight is 700 g/mol. The molecule has 28 heteroatoms. The van der Waals surface area contributed by atoms with E-state index in [1.807, 2.05) is 0 Å². The first-order valence-electron chi connectivity index (χ1n) is 8.54. The molecule has 0 aromatic carbocycles. The normalized spacial score (nSPS) is 17.4. The molecule has 0 aliphatic heterocycles. The lowest BCUT2D eigenvalue weighted by Gasteiger charge is -2.42. The summed E-state index contributed by atoms with van der Waals surface area (Å²) in [6.07, 6.45) is -16.2. The maximum atomic E-state index is 13.5. The minimum atomic E-state index is -9.50. The summed E-state index contributed by atoms with van der Waals surface area (Å²) in [6, 6.07) is 0. The van der Waals surface area contributed by atoms with Crippen LogP contribution in [-0.2, 0) is 0 Å². The molecule has 0 heterocycles. The van der Waals surface area contributed by atoms with Gasteiger partial charge in [0.1, 0.15) is 0 Å². The number of alkyl halides is 26. The third-order valence-electron chi connectivity index (χ3n) is 4.61. The Hall–Kier alpha value is -2.22. The molecule has 0 atom stereocenters. The summed E-state index contributed by atoms with van der Waals surface area (Å²) in [7, 11) is 0. The van der Waals surface area contributed by atoms with Gasteiger partial charge in [-0.2, -0.15) is 114 Å². The smallest absolute Gasteiger partial charge is 0.202 e. The standard InChI is InChI=1S/C14F28/c15-1(2(16)4(19,20)6(23,24)11(33,34)13(37,38)39)3(17,18)5(21,22)7(25,26)8(27,28)9(29,30)10(31,32)12(35,36)14(40,41)42. The minimum absolute atomic E-state index is 6.08. The zero-order valence-corrected chi connectivity index (χ0v) is 17.6. The summed E-state index contributed by atoms with van der Waals surface area (Å²) in [5, 5.41) is 0. The Kier molecular flexibility index (Phi) is 9.13. The van der Waals surface area contributed by atoms with Gasteiger partial charge in [0.05, 0.1) is 0 Å². The van der Waals surface area contributed by atoms with E-state index in [4.69, 9.17) is 0 Å². The maximum absolute atomic E-state index is 13.5. The lowest BCUT2D eigenvalue weighted by Crippen LogP contribution is -2.74. The molecule has 0 rings (SSSR count). The predicted molar refractivity (Wildman–Crippen MR) is 70.8 cm³/mol. The zero-order chi connectivity index (χ0) is 35.2. The summed E-state index contributed by atoms with van der Waals surface area (Å²) < 4.78 is 361. The number of allylic oxidation sites excluding steroid dienone is 2. The van der Waals surface area contributed by atoms with E-state index in [2.05, 4.69) is 0 Å².